The molecule has 0 radical (unpaired) electrons. The highest BCUT2D eigenvalue weighted by Gasteiger charge is 2.05. The van der Waals surface area contributed by atoms with Gasteiger partial charge in [-0.1, -0.05) is 49.8 Å². The molecule has 2 rings (SSSR count). The predicted octanol–water partition coefficient (Wildman–Crippen LogP) is 3.95. The lowest BCUT2D eigenvalue weighted by Gasteiger charge is -2.10. The number of hydrogen-bond acceptors (Lipinski definition) is 4. The molecule has 0 aliphatic heterocycles. The van der Waals surface area contributed by atoms with Gasteiger partial charge in [0.2, 0.25) is 5.95 Å². The fraction of sp³-hybridized carbons (Fsp3) is 0.294. The number of nitrogens with zero attached hydrogens (tertiary/aromatic N) is 2. The molecule has 0 spiro atoms. The van der Waals surface area contributed by atoms with Crippen molar-refractivity contribution < 1.29 is 0 Å². The maximum atomic E-state index is 4.56. The molecular formula is C17H22N4. The van der Waals surface area contributed by atoms with Crippen LogP contribution >= 0.6 is 0 Å². The molecule has 0 aliphatic carbocycles. The second kappa shape index (κ2) is 8.04. The molecule has 0 unspecified atom stereocenters. The lowest BCUT2D eigenvalue weighted by atomic mass is 10.1. The van der Waals surface area contributed by atoms with Crippen LogP contribution in [-0.2, 0) is 0 Å². The molecule has 2 aromatic rings. The third-order valence-electron chi connectivity index (χ3n) is 3.04. The van der Waals surface area contributed by atoms with Gasteiger partial charge in [-0.25, -0.2) is 4.98 Å². The van der Waals surface area contributed by atoms with Crippen molar-refractivity contribution in [1.82, 2.24) is 9.97 Å². The second-order valence-electron chi connectivity index (χ2n) is 4.78. The molecule has 0 bridgehead atoms. The van der Waals surface area contributed by atoms with Gasteiger partial charge in [-0.2, -0.15) is 4.98 Å². The summed E-state index contributed by atoms with van der Waals surface area (Å²) in [6.45, 7) is 7.45. The van der Waals surface area contributed by atoms with Gasteiger partial charge >= 0.3 is 0 Å². The zero-order valence-electron chi connectivity index (χ0n) is 12.5. The van der Waals surface area contributed by atoms with Gasteiger partial charge in [0, 0.05) is 24.7 Å². The van der Waals surface area contributed by atoms with Gasteiger partial charge in [0.05, 0.1) is 5.69 Å². The molecule has 0 fully saturated rings. The first kappa shape index (κ1) is 15.0. The van der Waals surface area contributed by atoms with Gasteiger partial charge in [-0.3, -0.25) is 0 Å². The Morgan fingerprint density at radius 1 is 1.14 bits per heavy atom. The van der Waals surface area contributed by atoms with Crippen LogP contribution in [0, 0.1) is 0 Å². The summed E-state index contributed by atoms with van der Waals surface area (Å²) in [5, 5.41) is 6.51. The lowest BCUT2D eigenvalue weighted by Crippen LogP contribution is -2.08. The minimum Gasteiger partial charge on any atom is -0.370 e. The largest absolute Gasteiger partial charge is 0.370 e. The van der Waals surface area contributed by atoms with Crippen LogP contribution in [0.3, 0.4) is 0 Å². The molecule has 0 aliphatic rings. The van der Waals surface area contributed by atoms with E-state index in [0.29, 0.717) is 12.5 Å². The molecule has 0 saturated heterocycles. The van der Waals surface area contributed by atoms with Crippen molar-refractivity contribution in [3.63, 3.8) is 0 Å². The van der Waals surface area contributed by atoms with E-state index in [0.717, 1.165) is 36.5 Å². The molecule has 1 aromatic heterocycles. The van der Waals surface area contributed by atoms with Crippen molar-refractivity contribution in [2.24, 2.45) is 0 Å². The van der Waals surface area contributed by atoms with Gasteiger partial charge < -0.3 is 10.6 Å². The number of benzene rings is 1. The highest BCUT2D eigenvalue weighted by atomic mass is 15.1. The summed E-state index contributed by atoms with van der Waals surface area (Å²) in [6.07, 6.45) is 4.08. The molecule has 1 aromatic carbocycles. The fourth-order valence-corrected chi connectivity index (χ4v) is 1.93. The summed E-state index contributed by atoms with van der Waals surface area (Å²) >= 11 is 0. The van der Waals surface area contributed by atoms with Crippen molar-refractivity contribution in [2.45, 2.75) is 19.8 Å². The Morgan fingerprint density at radius 3 is 2.67 bits per heavy atom. The maximum Gasteiger partial charge on any atom is 0.225 e. The zero-order chi connectivity index (χ0) is 14.9. The first-order valence-corrected chi connectivity index (χ1v) is 7.36. The summed E-state index contributed by atoms with van der Waals surface area (Å²) < 4.78 is 0. The van der Waals surface area contributed by atoms with Gasteiger partial charge in [0.15, 0.2) is 0 Å². The van der Waals surface area contributed by atoms with Gasteiger partial charge in [0.25, 0.3) is 0 Å². The number of nitrogens with one attached hydrogen (secondary N) is 2. The van der Waals surface area contributed by atoms with Gasteiger partial charge in [-0.15, -0.1) is 6.58 Å². The van der Waals surface area contributed by atoms with E-state index in [1.54, 1.807) is 6.08 Å². The minimum absolute atomic E-state index is 0.621. The van der Waals surface area contributed by atoms with Crippen LogP contribution in [0.4, 0.5) is 11.8 Å². The molecule has 2 N–H and O–H groups in total. The number of unbranched alkanes of at least 4 members (excludes halogenated alkanes) is 1. The molecule has 110 valence electrons. The Hall–Kier alpha value is -2.36. The third-order valence-corrected chi connectivity index (χ3v) is 3.04. The molecule has 1 heterocycles. The van der Waals surface area contributed by atoms with E-state index >= 15 is 0 Å². The van der Waals surface area contributed by atoms with Crippen LogP contribution in [0.2, 0.25) is 0 Å². The van der Waals surface area contributed by atoms with Gasteiger partial charge in [0.1, 0.15) is 5.82 Å². The van der Waals surface area contributed by atoms with Crippen molar-refractivity contribution in [3.05, 3.63) is 49.1 Å². The molecule has 0 atom stereocenters. The first-order valence-electron chi connectivity index (χ1n) is 7.36. The predicted molar refractivity (Wildman–Crippen MR) is 89.6 cm³/mol. The summed E-state index contributed by atoms with van der Waals surface area (Å²) in [5.41, 5.74) is 2.00. The van der Waals surface area contributed by atoms with Crippen molar-refractivity contribution in [1.29, 1.82) is 0 Å². The lowest BCUT2D eigenvalue weighted by molar-refractivity contribution is 0.830. The smallest absolute Gasteiger partial charge is 0.225 e. The molecule has 0 amide bonds. The summed E-state index contributed by atoms with van der Waals surface area (Å²) in [6, 6.07) is 12.1. The molecule has 4 heteroatoms. The van der Waals surface area contributed by atoms with E-state index in [9.17, 15) is 0 Å². The second-order valence-corrected chi connectivity index (χ2v) is 4.78. The van der Waals surface area contributed by atoms with Crippen LogP contribution in [0.1, 0.15) is 19.8 Å². The molecule has 21 heavy (non-hydrogen) atoms. The zero-order valence-corrected chi connectivity index (χ0v) is 12.5. The average Bonchev–Trinajstić information content (AvgIpc) is 2.54. The van der Waals surface area contributed by atoms with Crippen LogP contribution in [0.5, 0.6) is 0 Å². The van der Waals surface area contributed by atoms with Crippen LogP contribution in [-0.4, -0.2) is 23.1 Å². The van der Waals surface area contributed by atoms with E-state index in [-0.39, 0.29) is 0 Å². The third kappa shape index (κ3) is 4.60. The van der Waals surface area contributed by atoms with E-state index in [1.807, 2.05) is 24.3 Å². The van der Waals surface area contributed by atoms with Crippen molar-refractivity contribution in [3.8, 4) is 11.3 Å². The van der Waals surface area contributed by atoms with E-state index in [2.05, 4.69) is 46.2 Å². The normalized spacial score (nSPS) is 10.1. The van der Waals surface area contributed by atoms with E-state index in [1.165, 1.54) is 0 Å². The monoisotopic (exact) mass is 282 g/mol. The number of hydrogen-bond donors (Lipinski definition) is 2. The van der Waals surface area contributed by atoms with Crippen LogP contribution < -0.4 is 10.6 Å². The summed E-state index contributed by atoms with van der Waals surface area (Å²) in [5.74, 6) is 1.47. The molecule has 0 saturated carbocycles. The Labute approximate surface area is 126 Å². The van der Waals surface area contributed by atoms with Crippen molar-refractivity contribution >= 4 is 11.8 Å². The first-order chi connectivity index (χ1) is 10.3. The molecular weight excluding hydrogens is 260 g/mol. The summed E-state index contributed by atoms with van der Waals surface area (Å²) in [7, 11) is 0. The number of rotatable bonds is 8. The summed E-state index contributed by atoms with van der Waals surface area (Å²) in [4.78, 5) is 9.05. The minimum atomic E-state index is 0.621. The quantitative estimate of drug-likeness (QED) is 0.568. The highest BCUT2D eigenvalue weighted by Crippen LogP contribution is 2.21. The Kier molecular flexibility index (Phi) is 5.76. The van der Waals surface area contributed by atoms with Crippen LogP contribution in [0.25, 0.3) is 11.3 Å². The Morgan fingerprint density at radius 2 is 1.95 bits per heavy atom. The fourth-order valence-electron chi connectivity index (χ4n) is 1.93. The number of aromatic nitrogens is 2. The highest BCUT2D eigenvalue weighted by molar-refractivity contribution is 5.64. The maximum absolute atomic E-state index is 4.56. The Bertz CT molecular complexity index is 566. The Balaban J connectivity index is 2.25. The molecule has 4 nitrogen and oxygen atoms in total. The number of anilines is 2. The van der Waals surface area contributed by atoms with Crippen LogP contribution in [0.15, 0.2) is 49.1 Å². The van der Waals surface area contributed by atoms with Gasteiger partial charge in [-0.05, 0) is 6.42 Å². The topological polar surface area (TPSA) is 49.8 Å². The standard InChI is InChI=1S/C17H22N4/c1-3-5-12-18-16-13-15(14-9-7-6-8-10-14)20-17(21-16)19-11-4-2/h4,6-10,13H,2-3,5,11-12H2,1H3,(H2,18,19,20,21). The van der Waals surface area contributed by atoms with E-state index in [4.69, 9.17) is 0 Å². The van der Waals surface area contributed by atoms with E-state index < -0.39 is 0 Å². The van der Waals surface area contributed by atoms with Crippen molar-refractivity contribution in [2.75, 3.05) is 23.7 Å². The average molecular weight is 282 g/mol. The SMILES string of the molecule is C=CCNc1nc(NCCCC)cc(-c2ccccc2)n1.